The standard InChI is InChI=1S/C9H9F2N3O/c1-3(15)12-8-6-4-2-5(4)9(10,11)7(6)13-14-8/h4-5H,2H2,1H3,(H2,12,13,14,15)/t4-,5?/m0/s1. The van der Waals surface area contributed by atoms with E-state index in [9.17, 15) is 13.6 Å². The Morgan fingerprint density at radius 1 is 1.67 bits per heavy atom. The molecule has 0 spiro atoms. The van der Waals surface area contributed by atoms with E-state index in [1.807, 2.05) is 0 Å². The third-order valence-electron chi connectivity index (χ3n) is 3.06. The first-order valence-electron chi connectivity index (χ1n) is 4.76. The number of carbonyl (C=O) groups excluding carboxylic acids is 1. The van der Waals surface area contributed by atoms with Gasteiger partial charge in [-0.2, -0.15) is 13.9 Å². The van der Waals surface area contributed by atoms with Gasteiger partial charge in [-0.05, 0) is 12.3 Å². The molecule has 2 aliphatic carbocycles. The first-order chi connectivity index (χ1) is 7.01. The molecule has 1 fully saturated rings. The molecule has 0 aromatic carbocycles. The monoisotopic (exact) mass is 213 g/mol. The van der Waals surface area contributed by atoms with Crippen molar-refractivity contribution in [3.63, 3.8) is 0 Å². The lowest BCUT2D eigenvalue weighted by Crippen LogP contribution is -2.14. The first kappa shape index (κ1) is 8.82. The normalized spacial score (nSPS) is 29.5. The summed E-state index contributed by atoms with van der Waals surface area (Å²) in [4.78, 5) is 10.8. The minimum Gasteiger partial charge on any atom is -0.309 e. The fraction of sp³-hybridized carbons (Fsp3) is 0.556. The highest BCUT2D eigenvalue weighted by Gasteiger charge is 2.66. The molecule has 0 aliphatic heterocycles. The van der Waals surface area contributed by atoms with Gasteiger partial charge in [0.1, 0.15) is 5.69 Å². The Morgan fingerprint density at radius 2 is 2.40 bits per heavy atom. The lowest BCUT2D eigenvalue weighted by molar-refractivity contribution is -0.114. The van der Waals surface area contributed by atoms with E-state index in [-0.39, 0.29) is 23.3 Å². The third kappa shape index (κ3) is 0.989. The van der Waals surface area contributed by atoms with Crippen LogP contribution < -0.4 is 5.32 Å². The number of amides is 1. The van der Waals surface area contributed by atoms with Gasteiger partial charge in [0.25, 0.3) is 5.92 Å². The second kappa shape index (κ2) is 2.37. The van der Waals surface area contributed by atoms with Gasteiger partial charge in [-0.1, -0.05) is 0 Å². The molecule has 6 heteroatoms. The zero-order valence-corrected chi connectivity index (χ0v) is 7.97. The van der Waals surface area contributed by atoms with E-state index >= 15 is 0 Å². The van der Waals surface area contributed by atoms with Crippen LogP contribution >= 0.6 is 0 Å². The maximum Gasteiger partial charge on any atom is 0.292 e. The fourth-order valence-electron chi connectivity index (χ4n) is 2.33. The predicted molar refractivity (Wildman–Crippen MR) is 47.6 cm³/mol. The van der Waals surface area contributed by atoms with E-state index in [1.54, 1.807) is 0 Å². The Labute approximate surface area is 84.0 Å². The van der Waals surface area contributed by atoms with Gasteiger partial charge < -0.3 is 5.32 Å². The molecule has 3 rings (SSSR count). The Morgan fingerprint density at radius 3 is 3.07 bits per heavy atom. The molecular weight excluding hydrogens is 204 g/mol. The average molecular weight is 213 g/mol. The van der Waals surface area contributed by atoms with E-state index in [4.69, 9.17) is 0 Å². The number of hydrogen-bond acceptors (Lipinski definition) is 2. The van der Waals surface area contributed by atoms with Crippen LogP contribution in [-0.4, -0.2) is 16.1 Å². The molecule has 80 valence electrons. The summed E-state index contributed by atoms with van der Waals surface area (Å²) in [6.07, 6.45) is 0.492. The highest BCUT2D eigenvalue weighted by Crippen LogP contribution is 2.67. The van der Waals surface area contributed by atoms with Gasteiger partial charge in [0, 0.05) is 18.4 Å². The van der Waals surface area contributed by atoms with E-state index in [0.29, 0.717) is 12.0 Å². The smallest absolute Gasteiger partial charge is 0.292 e. The van der Waals surface area contributed by atoms with Gasteiger partial charge >= 0.3 is 0 Å². The Bertz CT molecular complexity index is 454. The largest absolute Gasteiger partial charge is 0.309 e. The van der Waals surface area contributed by atoms with E-state index in [0.717, 1.165) is 0 Å². The van der Waals surface area contributed by atoms with Gasteiger partial charge in [-0.25, -0.2) is 0 Å². The van der Waals surface area contributed by atoms with Crippen LogP contribution in [0.2, 0.25) is 0 Å². The van der Waals surface area contributed by atoms with Crippen molar-refractivity contribution in [2.24, 2.45) is 5.92 Å². The van der Waals surface area contributed by atoms with Crippen molar-refractivity contribution in [1.82, 2.24) is 10.2 Å². The minimum atomic E-state index is -2.80. The van der Waals surface area contributed by atoms with E-state index in [1.165, 1.54) is 6.92 Å². The summed E-state index contributed by atoms with van der Waals surface area (Å²) in [5.41, 5.74) is 0.382. The highest BCUT2D eigenvalue weighted by atomic mass is 19.3. The van der Waals surface area contributed by atoms with Crippen LogP contribution in [0.15, 0.2) is 0 Å². The molecule has 0 radical (unpaired) electrons. The molecule has 1 aromatic rings. The number of fused-ring (bicyclic) bond motifs is 3. The second-order valence-electron chi connectivity index (χ2n) is 4.11. The van der Waals surface area contributed by atoms with Crippen molar-refractivity contribution in [3.05, 3.63) is 11.3 Å². The van der Waals surface area contributed by atoms with Gasteiger partial charge in [-0.3, -0.25) is 9.89 Å². The van der Waals surface area contributed by atoms with Gasteiger partial charge in [0.2, 0.25) is 5.91 Å². The van der Waals surface area contributed by atoms with E-state index < -0.39 is 11.8 Å². The van der Waals surface area contributed by atoms with Crippen LogP contribution in [0.25, 0.3) is 0 Å². The topological polar surface area (TPSA) is 57.8 Å². The van der Waals surface area contributed by atoms with Crippen molar-refractivity contribution >= 4 is 11.7 Å². The molecule has 0 bridgehead atoms. The molecule has 1 amide bonds. The molecule has 1 unspecified atom stereocenters. The number of halogens is 2. The lowest BCUT2D eigenvalue weighted by atomic mass is 10.1. The summed E-state index contributed by atoms with van der Waals surface area (Å²) in [6, 6.07) is 0. The molecule has 2 N–H and O–H groups in total. The Hall–Kier alpha value is -1.46. The number of anilines is 1. The van der Waals surface area contributed by atoms with Gasteiger partial charge in [0.05, 0.1) is 0 Å². The van der Waals surface area contributed by atoms with E-state index in [2.05, 4.69) is 15.5 Å². The SMILES string of the molecule is CC(=O)Nc1n[nH]c2c1[C@H]1CC1C2(F)F. The number of alkyl halides is 2. The zero-order chi connectivity index (χ0) is 10.8. The minimum absolute atomic E-state index is 0.118. The lowest BCUT2D eigenvalue weighted by Gasteiger charge is -2.09. The Balaban J connectivity index is 2.06. The van der Waals surface area contributed by atoms with Crippen LogP contribution in [0.1, 0.15) is 30.5 Å². The molecule has 2 atom stereocenters. The predicted octanol–water partition coefficient (Wildman–Crippen LogP) is 1.58. The molecule has 1 aromatic heterocycles. The third-order valence-corrected chi connectivity index (χ3v) is 3.06. The summed E-state index contributed by atoms with van der Waals surface area (Å²) in [7, 11) is 0. The van der Waals surface area contributed by atoms with Crippen molar-refractivity contribution in [3.8, 4) is 0 Å². The van der Waals surface area contributed by atoms with Crippen LogP contribution in [0.5, 0.6) is 0 Å². The van der Waals surface area contributed by atoms with Crippen LogP contribution in [0, 0.1) is 5.92 Å². The number of aromatic amines is 1. The van der Waals surface area contributed by atoms with Gasteiger partial charge in [0.15, 0.2) is 5.82 Å². The maximum atomic E-state index is 13.5. The molecule has 1 heterocycles. The highest BCUT2D eigenvalue weighted by molar-refractivity contribution is 5.89. The number of carbonyl (C=O) groups is 1. The van der Waals surface area contributed by atoms with Gasteiger partial charge in [-0.15, -0.1) is 0 Å². The molecule has 4 nitrogen and oxygen atoms in total. The number of hydrogen-bond donors (Lipinski definition) is 2. The average Bonchev–Trinajstić information content (AvgIpc) is 2.76. The number of aromatic nitrogens is 2. The second-order valence-corrected chi connectivity index (χ2v) is 4.11. The van der Waals surface area contributed by atoms with Crippen molar-refractivity contribution in [1.29, 1.82) is 0 Å². The molecule has 0 saturated heterocycles. The summed E-state index contributed by atoms with van der Waals surface area (Å²) < 4.78 is 27.1. The first-order valence-corrected chi connectivity index (χ1v) is 4.76. The molecular formula is C9H9F2N3O. The summed E-state index contributed by atoms with van der Waals surface area (Å²) >= 11 is 0. The molecule has 15 heavy (non-hydrogen) atoms. The van der Waals surface area contributed by atoms with Crippen molar-refractivity contribution < 1.29 is 13.6 Å². The molecule has 1 saturated carbocycles. The van der Waals surface area contributed by atoms with Crippen molar-refractivity contribution in [2.45, 2.75) is 25.2 Å². The number of nitrogens with zero attached hydrogens (tertiary/aromatic N) is 1. The van der Waals surface area contributed by atoms with Crippen LogP contribution in [0.3, 0.4) is 0 Å². The molecule has 2 aliphatic rings. The summed E-state index contributed by atoms with van der Waals surface area (Å²) in [5, 5.41) is 8.51. The maximum absolute atomic E-state index is 13.5. The number of H-pyrrole nitrogens is 1. The van der Waals surface area contributed by atoms with Crippen molar-refractivity contribution in [2.75, 3.05) is 5.32 Å². The summed E-state index contributed by atoms with van der Waals surface area (Å²) in [5.74, 6) is -3.55. The number of nitrogens with one attached hydrogen (secondary N) is 2. The summed E-state index contributed by atoms with van der Waals surface area (Å²) in [6.45, 7) is 1.33. The van der Waals surface area contributed by atoms with Crippen LogP contribution in [-0.2, 0) is 10.7 Å². The van der Waals surface area contributed by atoms with Crippen LogP contribution in [0.4, 0.5) is 14.6 Å². The fourth-order valence-corrected chi connectivity index (χ4v) is 2.33. The number of rotatable bonds is 1. The Kier molecular flexibility index (Phi) is 1.39. The zero-order valence-electron chi connectivity index (χ0n) is 7.97. The quantitative estimate of drug-likeness (QED) is 0.744.